The number of urea groups is 1. The average molecular weight is 393 g/mol. The van der Waals surface area contributed by atoms with Crippen LogP contribution in [0, 0.1) is 0 Å². The van der Waals surface area contributed by atoms with Crippen LogP contribution in [-0.2, 0) is 9.84 Å². The van der Waals surface area contributed by atoms with Gasteiger partial charge in [0.2, 0.25) is 0 Å². The number of hydrogen-bond acceptors (Lipinski definition) is 4. The van der Waals surface area contributed by atoms with E-state index in [2.05, 4.69) is 0 Å². The average Bonchev–Trinajstić information content (AvgIpc) is 3.03. The molecule has 0 N–H and O–H groups in total. The molecule has 0 saturated carbocycles. The second-order valence-electron chi connectivity index (χ2n) is 6.39. The number of benzene rings is 2. The van der Waals surface area contributed by atoms with Gasteiger partial charge in [-0.2, -0.15) is 0 Å². The van der Waals surface area contributed by atoms with Gasteiger partial charge in [0.25, 0.3) is 0 Å². The van der Waals surface area contributed by atoms with Crippen molar-refractivity contribution in [2.24, 2.45) is 0 Å². The summed E-state index contributed by atoms with van der Waals surface area (Å²) in [5.41, 5.74) is 1.16. The fourth-order valence-corrected chi connectivity index (χ4v) is 5.85. The molecule has 2 heterocycles. The van der Waals surface area contributed by atoms with Crippen LogP contribution in [0.3, 0.4) is 0 Å². The second-order valence-corrected chi connectivity index (χ2v) is 8.98. The Labute approximate surface area is 156 Å². The summed E-state index contributed by atoms with van der Waals surface area (Å²) in [5, 5.41) is 0.489. The smallest absolute Gasteiger partial charge is 0.329 e. The van der Waals surface area contributed by atoms with Crippen molar-refractivity contribution in [1.82, 2.24) is 0 Å². The molecule has 2 aliphatic heterocycles. The van der Waals surface area contributed by atoms with Gasteiger partial charge in [-0.3, -0.25) is 9.80 Å². The number of nitrogens with zero attached hydrogens (tertiary/aromatic N) is 2. The summed E-state index contributed by atoms with van der Waals surface area (Å²) >= 11 is 6.08. The third-order valence-corrected chi connectivity index (χ3v) is 6.73. The first-order chi connectivity index (χ1) is 12.4. The number of halogens is 1. The lowest BCUT2D eigenvalue weighted by molar-refractivity contribution is 0.255. The lowest BCUT2D eigenvalue weighted by Gasteiger charge is -2.24. The maximum Gasteiger partial charge on any atom is 0.329 e. The van der Waals surface area contributed by atoms with E-state index in [1.165, 1.54) is 16.9 Å². The molecule has 2 amide bonds. The van der Waals surface area contributed by atoms with Gasteiger partial charge in [-0.15, -0.1) is 0 Å². The van der Waals surface area contributed by atoms with Crippen molar-refractivity contribution < 1.29 is 17.9 Å². The fraction of sp³-hybridized carbons (Fsp3) is 0.278. The maximum absolute atomic E-state index is 13.3. The predicted molar refractivity (Wildman–Crippen MR) is 101 cm³/mol. The Morgan fingerprint density at radius 1 is 1.04 bits per heavy atom. The highest BCUT2D eigenvalue weighted by Crippen LogP contribution is 2.41. The maximum atomic E-state index is 13.3. The molecular formula is C18H17ClN2O4S. The van der Waals surface area contributed by atoms with Crippen LogP contribution in [-0.4, -0.2) is 45.1 Å². The van der Waals surface area contributed by atoms with Crippen LogP contribution in [0.15, 0.2) is 48.5 Å². The summed E-state index contributed by atoms with van der Waals surface area (Å²) in [7, 11) is -1.73. The monoisotopic (exact) mass is 392 g/mol. The molecular weight excluding hydrogens is 376 g/mol. The number of ether oxygens (including phenoxy) is 1. The molecule has 2 aliphatic rings. The predicted octanol–water partition coefficient (Wildman–Crippen LogP) is 2.96. The van der Waals surface area contributed by atoms with E-state index >= 15 is 0 Å². The van der Waals surface area contributed by atoms with Crippen LogP contribution in [0.25, 0.3) is 0 Å². The van der Waals surface area contributed by atoms with Crippen molar-refractivity contribution in [3.05, 3.63) is 53.6 Å². The van der Waals surface area contributed by atoms with E-state index in [0.717, 1.165) is 0 Å². The van der Waals surface area contributed by atoms with E-state index < -0.39 is 21.9 Å². The van der Waals surface area contributed by atoms with Crippen molar-refractivity contribution in [2.75, 3.05) is 28.4 Å². The van der Waals surface area contributed by atoms with E-state index in [-0.39, 0.29) is 17.5 Å². The summed E-state index contributed by atoms with van der Waals surface area (Å²) in [5.74, 6) is 0.386. The zero-order valence-corrected chi connectivity index (χ0v) is 15.6. The summed E-state index contributed by atoms with van der Waals surface area (Å²) in [6, 6.07) is 12.8. The van der Waals surface area contributed by atoms with Crippen LogP contribution < -0.4 is 14.5 Å². The van der Waals surface area contributed by atoms with Gasteiger partial charge >= 0.3 is 6.03 Å². The first-order valence-corrected chi connectivity index (χ1v) is 10.3. The number of amides is 2. The third-order valence-electron chi connectivity index (χ3n) is 4.80. The number of fused-ring (bicyclic) bond motifs is 1. The molecule has 4 rings (SSSR count). The molecule has 136 valence electrons. The zero-order valence-electron chi connectivity index (χ0n) is 14.0. The van der Waals surface area contributed by atoms with Gasteiger partial charge in [0.15, 0.2) is 9.84 Å². The minimum Gasteiger partial charge on any atom is -0.495 e. The molecule has 8 heteroatoms. The molecule has 0 bridgehead atoms. The number of carbonyl (C=O) groups is 1. The Kier molecular flexibility index (Phi) is 4.08. The molecule has 0 aromatic heterocycles. The number of carbonyl (C=O) groups excluding carboxylic acids is 1. The largest absolute Gasteiger partial charge is 0.495 e. The molecule has 0 aliphatic carbocycles. The van der Waals surface area contributed by atoms with Crippen LogP contribution in [0.4, 0.5) is 16.2 Å². The van der Waals surface area contributed by atoms with Crippen LogP contribution >= 0.6 is 11.6 Å². The van der Waals surface area contributed by atoms with Gasteiger partial charge in [0, 0.05) is 10.7 Å². The number of methoxy groups -OCH3 is 1. The van der Waals surface area contributed by atoms with Crippen molar-refractivity contribution in [3.63, 3.8) is 0 Å². The molecule has 6 nitrogen and oxygen atoms in total. The van der Waals surface area contributed by atoms with Crippen molar-refractivity contribution >= 4 is 38.8 Å². The molecule has 2 fully saturated rings. The molecule has 2 aromatic carbocycles. The highest BCUT2D eigenvalue weighted by Gasteiger charge is 2.55. The molecule has 0 radical (unpaired) electrons. The quantitative estimate of drug-likeness (QED) is 0.753. The van der Waals surface area contributed by atoms with Gasteiger partial charge in [-0.1, -0.05) is 29.8 Å². The van der Waals surface area contributed by atoms with Crippen LogP contribution in [0.2, 0.25) is 5.02 Å². The SMILES string of the molecule is COc1ccccc1N1C(=O)N(c2cccc(Cl)c2)C2CS(=O)(=O)CC21. The summed E-state index contributed by atoms with van der Waals surface area (Å²) in [6.07, 6.45) is 0. The molecule has 26 heavy (non-hydrogen) atoms. The second kappa shape index (κ2) is 6.17. The summed E-state index contributed by atoms with van der Waals surface area (Å²) in [4.78, 5) is 16.3. The van der Waals surface area contributed by atoms with E-state index in [0.29, 0.717) is 22.1 Å². The molecule has 2 saturated heterocycles. The van der Waals surface area contributed by atoms with E-state index in [9.17, 15) is 13.2 Å². The first-order valence-electron chi connectivity index (χ1n) is 8.13. The Morgan fingerprint density at radius 3 is 2.42 bits per heavy atom. The van der Waals surface area contributed by atoms with Crippen molar-refractivity contribution in [1.29, 1.82) is 0 Å². The van der Waals surface area contributed by atoms with E-state index in [4.69, 9.17) is 16.3 Å². The highest BCUT2D eigenvalue weighted by atomic mass is 35.5. The molecule has 0 spiro atoms. The van der Waals surface area contributed by atoms with Crippen LogP contribution in [0.1, 0.15) is 0 Å². The number of rotatable bonds is 3. The number of para-hydroxylation sites is 2. The Balaban J connectivity index is 1.84. The van der Waals surface area contributed by atoms with Crippen molar-refractivity contribution in [2.45, 2.75) is 12.1 Å². The minimum atomic E-state index is -3.25. The van der Waals surface area contributed by atoms with E-state index in [1.54, 1.807) is 48.5 Å². The highest BCUT2D eigenvalue weighted by molar-refractivity contribution is 7.91. The Bertz CT molecular complexity index is 979. The van der Waals surface area contributed by atoms with Crippen molar-refractivity contribution in [3.8, 4) is 5.75 Å². The zero-order chi connectivity index (χ0) is 18.5. The summed E-state index contributed by atoms with van der Waals surface area (Å²) in [6.45, 7) is 0. The number of sulfone groups is 1. The van der Waals surface area contributed by atoms with Crippen LogP contribution in [0.5, 0.6) is 5.75 Å². The number of hydrogen-bond donors (Lipinski definition) is 0. The molecule has 2 aromatic rings. The normalized spacial score (nSPS) is 24.0. The first kappa shape index (κ1) is 17.2. The van der Waals surface area contributed by atoms with Gasteiger partial charge < -0.3 is 4.74 Å². The number of anilines is 2. The minimum absolute atomic E-state index is 0.0679. The lowest BCUT2D eigenvalue weighted by Crippen LogP contribution is -2.38. The third kappa shape index (κ3) is 2.71. The topological polar surface area (TPSA) is 66.9 Å². The summed E-state index contributed by atoms with van der Waals surface area (Å²) < 4.78 is 30.0. The lowest BCUT2D eigenvalue weighted by atomic mass is 10.1. The molecule has 2 atom stereocenters. The Hall–Kier alpha value is -2.25. The van der Waals surface area contributed by atoms with E-state index in [1.807, 2.05) is 0 Å². The van der Waals surface area contributed by atoms with Gasteiger partial charge in [-0.25, -0.2) is 13.2 Å². The van der Waals surface area contributed by atoms with Gasteiger partial charge in [0.1, 0.15) is 5.75 Å². The van der Waals surface area contributed by atoms with Gasteiger partial charge in [0.05, 0.1) is 36.4 Å². The van der Waals surface area contributed by atoms with Gasteiger partial charge in [-0.05, 0) is 30.3 Å². The fourth-order valence-electron chi connectivity index (χ4n) is 3.74. The Morgan fingerprint density at radius 2 is 1.73 bits per heavy atom. The standard InChI is InChI=1S/C18H17ClN2O4S/c1-25-17-8-3-2-7-14(17)21-16-11-26(23,24)10-15(16)20(18(21)22)13-6-4-5-12(19)9-13/h2-9,15-16H,10-11H2,1H3. The molecule has 2 unspecified atom stereocenters.